The normalized spacial score (nSPS) is 11.9. The first-order valence-corrected chi connectivity index (χ1v) is 5.94. The van der Waals surface area contributed by atoms with Crippen LogP contribution in [0.1, 0.15) is 20.3 Å². The zero-order valence-electron chi connectivity index (χ0n) is 11.0. The quantitative estimate of drug-likeness (QED) is 0.760. The van der Waals surface area contributed by atoms with Gasteiger partial charge in [-0.3, -0.25) is 4.79 Å². The summed E-state index contributed by atoms with van der Waals surface area (Å²) >= 11 is 0. The monoisotopic (exact) mass is 252 g/mol. The molecule has 0 spiro atoms. The summed E-state index contributed by atoms with van der Waals surface area (Å²) in [4.78, 5) is 11.8. The Labute approximate surface area is 107 Å². The predicted octanol–water partition coefficient (Wildman–Crippen LogP) is 2.03. The van der Waals surface area contributed by atoms with Crippen molar-refractivity contribution in [2.75, 3.05) is 24.8 Å². The summed E-state index contributed by atoms with van der Waals surface area (Å²) in [7, 11) is 1.56. The van der Waals surface area contributed by atoms with E-state index in [9.17, 15) is 4.79 Å². The van der Waals surface area contributed by atoms with Crippen LogP contribution in [0.25, 0.3) is 0 Å². The fourth-order valence-electron chi connectivity index (χ4n) is 1.39. The lowest BCUT2D eigenvalue weighted by molar-refractivity contribution is -0.126. The van der Waals surface area contributed by atoms with E-state index in [0.717, 1.165) is 6.42 Å². The van der Waals surface area contributed by atoms with E-state index in [1.54, 1.807) is 32.2 Å². The van der Waals surface area contributed by atoms with Gasteiger partial charge in [0.2, 0.25) is 0 Å². The molecule has 0 radical (unpaired) electrons. The summed E-state index contributed by atoms with van der Waals surface area (Å²) in [6.07, 6.45) is 0.383. The second-order valence-electron chi connectivity index (χ2n) is 3.96. The minimum Gasteiger partial charge on any atom is -0.497 e. The summed E-state index contributed by atoms with van der Waals surface area (Å²) in [6.45, 7) is 4.27. The van der Waals surface area contributed by atoms with Crippen LogP contribution in [0.4, 0.5) is 11.4 Å². The van der Waals surface area contributed by atoms with E-state index in [4.69, 9.17) is 15.2 Å². The summed E-state index contributed by atoms with van der Waals surface area (Å²) in [6, 6.07) is 5.11. The highest BCUT2D eigenvalue weighted by Gasteiger charge is 2.14. The third-order valence-corrected chi connectivity index (χ3v) is 2.46. The lowest BCUT2D eigenvalue weighted by Gasteiger charge is -2.14. The van der Waals surface area contributed by atoms with Crippen molar-refractivity contribution in [3.63, 3.8) is 0 Å². The van der Waals surface area contributed by atoms with Crippen LogP contribution >= 0.6 is 0 Å². The molecule has 0 saturated heterocycles. The molecule has 0 aliphatic heterocycles. The number of amides is 1. The van der Waals surface area contributed by atoms with Gasteiger partial charge < -0.3 is 20.5 Å². The smallest absolute Gasteiger partial charge is 0.253 e. The molecular formula is C13H20N2O3. The topological polar surface area (TPSA) is 73.6 Å². The van der Waals surface area contributed by atoms with Crippen LogP contribution in [-0.4, -0.2) is 25.7 Å². The van der Waals surface area contributed by atoms with Crippen LogP contribution in [-0.2, 0) is 9.53 Å². The van der Waals surface area contributed by atoms with Gasteiger partial charge in [0.05, 0.1) is 18.5 Å². The van der Waals surface area contributed by atoms with Crippen LogP contribution in [0.2, 0.25) is 0 Å². The number of hydrogen-bond donors (Lipinski definition) is 2. The molecule has 0 saturated carbocycles. The Morgan fingerprint density at radius 2 is 2.22 bits per heavy atom. The first kappa shape index (κ1) is 14.3. The number of methoxy groups -OCH3 is 1. The number of benzene rings is 1. The highest BCUT2D eigenvalue weighted by Crippen LogP contribution is 2.24. The Kier molecular flexibility index (Phi) is 5.45. The van der Waals surface area contributed by atoms with Gasteiger partial charge in [-0.15, -0.1) is 0 Å². The third kappa shape index (κ3) is 3.92. The van der Waals surface area contributed by atoms with Crippen molar-refractivity contribution in [2.24, 2.45) is 0 Å². The lowest BCUT2D eigenvalue weighted by Crippen LogP contribution is -2.28. The number of carbonyl (C=O) groups is 1. The van der Waals surface area contributed by atoms with Crippen LogP contribution in [0.5, 0.6) is 5.75 Å². The van der Waals surface area contributed by atoms with Gasteiger partial charge in [-0.25, -0.2) is 0 Å². The maximum atomic E-state index is 11.8. The number of nitrogens with one attached hydrogen (secondary N) is 1. The third-order valence-electron chi connectivity index (χ3n) is 2.46. The number of ether oxygens (including phenoxy) is 2. The molecule has 0 heterocycles. The van der Waals surface area contributed by atoms with Gasteiger partial charge in [0.1, 0.15) is 11.9 Å². The minimum absolute atomic E-state index is 0.208. The van der Waals surface area contributed by atoms with Gasteiger partial charge in [0.25, 0.3) is 5.91 Å². The van der Waals surface area contributed by atoms with Crippen LogP contribution in [0, 0.1) is 0 Å². The Morgan fingerprint density at radius 3 is 2.78 bits per heavy atom. The molecule has 0 bridgehead atoms. The van der Waals surface area contributed by atoms with Gasteiger partial charge in [-0.1, -0.05) is 6.92 Å². The minimum atomic E-state index is -0.494. The van der Waals surface area contributed by atoms with E-state index in [2.05, 4.69) is 5.32 Å². The molecule has 18 heavy (non-hydrogen) atoms. The molecule has 5 nitrogen and oxygen atoms in total. The van der Waals surface area contributed by atoms with Crippen molar-refractivity contribution < 1.29 is 14.3 Å². The van der Waals surface area contributed by atoms with E-state index in [-0.39, 0.29) is 5.91 Å². The van der Waals surface area contributed by atoms with E-state index >= 15 is 0 Å². The van der Waals surface area contributed by atoms with Gasteiger partial charge in [0, 0.05) is 12.7 Å². The molecule has 1 aromatic rings. The van der Waals surface area contributed by atoms with Crippen molar-refractivity contribution in [1.82, 2.24) is 0 Å². The maximum Gasteiger partial charge on any atom is 0.253 e. The molecule has 0 fully saturated rings. The SMILES string of the molecule is CCCOC(C)C(=O)Nc1ccc(OC)cc1N. The Bertz CT molecular complexity index is 407. The second kappa shape index (κ2) is 6.86. The zero-order valence-corrected chi connectivity index (χ0v) is 11.0. The Morgan fingerprint density at radius 1 is 1.50 bits per heavy atom. The number of hydrogen-bond acceptors (Lipinski definition) is 4. The molecule has 0 aliphatic carbocycles. The molecule has 5 heteroatoms. The summed E-state index contributed by atoms with van der Waals surface area (Å²) in [5.41, 5.74) is 6.84. The van der Waals surface area contributed by atoms with E-state index in [1.165, 1.54) is 0 Å². The van der Waals surface area contributed by atoms with E-state index < -0.39 is 6.10 Å². The summed E-state index contributed by atoms with van der Waals surface area (Å²) in [5.74, 6) is 0.445. The van der Waals surface area contributed by atoms with Crippen LogP contribution in [0.3, 0.4) is 0 Å². The predicted molar refractivity (Wildman–Crippen MR) is 71.7 cm³/mol. The molecule has 0 aliphatic rings. The first-order chi connectivity index (χ1) is 8.58. The molecule has 1 unspecified atom stereocenters. The molecule has 0 aromatic heterocycles. The van der Waals surface area contributed by atoms with Crippen molar-refractivity contribution in [2.45, 2.75) is 26.4 Å². The zero-order chi connectivity index (χ0) is 13.5. The van der Waals surface area contributed by atoms with E-state index in [0.29, 0.717) is 23.7 Å². The molecular weight excluding hydrogens is 232 g/mol. The Balaban J connectivity index is 2.64. The fourth-order valence-corrected chi connectivity index (χ4v) is 1.39. The van der Waals surface area contributed by atoms with Gasteiger partial charge in [0.15, 0.2) is 0 Å². The van der Waals surface area contributed by atoms with Gasteiger partial charge >= 0.3 is 0 Å². The van der Waals surface area contributed by atoms with Gasteiger partial charge in [-0.2, -0.15) is 0 Å². The number of carbonyl (C=O) groups excluding carboxylic acids is 1. The number of nitrogen functional groups attached to an aromatic ring is 1. The number of anilines is 2. The van der Waals surface area contributed by atoms with Gasteiger partial charge in [-0.05, 0) is 25.5 Å². The van der Waals surface area contributed by atoms with Crippen molar-refractivity contribution in [3.8, 4) is 5.75 Å². The fraction of sp³-hybridized carbons (Fsp3) is 0.462. The van der Waals surface area contributed by atoms with Crippen molar-refractivity contribution in [3.05, 3.63) is 18.2 Å². The molecule has 1 atom stereocenters. The average Bonchev–Trinajstić information content (AvgIpc) is 2.38. The first-order valence-electron chi connectivity index (χ1n) is 5.94. The summed E-state index contributed by atoms with van der Waals surface area (Å²) < 4.78 is 10.4. The van der Waals surface area contributed by atoms with Crippen molar-refractivity contribution in [1.29, 1.82) is 0 Å². The molecule has 1 aromatic carbocycles. The average molecular weight is 252 g/mol. The molecule has 100 valence electrons. The van der Waals surface area contributed by atoms with Crippen LogP contribution < -0.4 is 15.8 Å². The largest absolute Gasteiger partial charge is 0.497 e. The number of rotatable bonds is 6. The maximum absolute atomic E-state index is 11.8. The second-order valence-corrected chi connectivity index (χ2v) is 3.96. The molecule has 3 N–H and O–H groups in total. The highest BCUT2D eigenvalue weighted by atomic mass is 16.5. The lowest BCUT2D eigenvalue weighted by atomic mass is 10.2. The van der Waals surface area contributed by atoms with E-state index in [1.807, 2.05) is 6.92 Å². The molecule has 1 amide bonds. The summed E-state index contributed by atoms with van der Waals surface area (Å²) in [5, 5.41) is 2.73. The molecule has 1 rings (SSSR count). The van der Waals surface area contributed by atoms with Crippen molar-refractivity contribution >= 4 is 17.3 Å². The standard InChI is InChI=1S/C13H20N2O3/c1-4-7-18-9(2)13(16)15-12-6-5-10(17-3)8-11(12)14/h5-6,8-9H,4,7,14H2,1-3H3,(H,15,16). The van der Waals surface area contributed by atoms with Crippen LogP contribution in [0.15, 0.2) is 18.2 Å². The number of nitrogens with two attached hydrogens (primary N) is 1. The highest BCUT2D eigenvalue weighted by molar-refractivity contribution is 5.96. The Hall–Kier alpha value is -1.75.